The number of hydrogen-bond donors (Lipinski definition) is 0. The van der Waals surface area contributed by atoms with Crippen LogP contribution in [0, 0.1) is 6.07 Å². The average molecular weight is 206 g/mol. The number of hydrogen-bond acceptors (Lipinski definition) is 3. The van der Waals surface area contributed by atoms with E-state index in [1.165, 1.54) is 0 Å². The molecule has 1 unspecified atom stereocenters. The molecule has 3 nitrogen and oxygen atoms in total. The van der Waals surface area contributed by atoms with Crippen LogP contribution in [0.15, 0.2) is 24.3 Å². The second kappa shape index (κ2) is 5.14. The van der Waals surface area contributed by atoms with Gasteiger partial charge in [0.2, 0.25) is 0 Å². The minimum atomic E-state index is 0.102. The summed E-state index contributed by atoms with van der Waals surface area (Å²) < 4.78 is 11.1. The summed E-state index contributed by atoms with van der Waals surface area (Å²) in [5.41, 5.74) is 0. The fourth-order valence-electron chi connectivity index (χ4n) is 1.66. The van der Waals surface area contributed by atoms with Crippen molar-refractivity contribution < 1.29 is 9.47 Å². The Morgan fingerprint density at radius 3 is 2.93 bits per heavy atom. The summed E-state index contributed by atoms with van der Waals surface area (Å²) in [6.07, 6.45) is 0.102. The SMILES string of the molecule is CC(Oc1c[c]ccc1)N1CCOCC1. The van der Waals surface area contributed by atoms with Crippen LogP contribution < -0.4 is 4.74 Å². The van der Waals surface area contributed by atoms with Crippen molar-refractivity contribution in [2.75, 3.05) is 26.3 Å². The van der Waals surface area contributed by atoms with Gasteiger partial charge in [0, 0.05) is 13.1 Å². The standard InChI is InChI=1S/C12H16NO2/c1-11(13-7-9-14-10-8-13)15-12-5-3-2-4-6-12/h2-3,5-6,11H,7-10H2,1H3. The lowest BCUT2D eigenvalue weighted by Crippen LogP contribution is -2.44. The molecule has 1 aliphatic rings. The smallest absolute Gasteiger partial charge is 0.149 e. The van der Waals surface area contributed by atoms with Gasteiger partial charge in [-0.1, -0.05) is 12.1 Å². The Kier molecular flexibility index (Phi) is 3.59. The Bertz CT molecular complexity index is 283. The molecule has 0 bridgehead atoms. The van der Waals surface area contributed by atoms with Gasteiger partial charge in [-0.05, 0) is 25.1 Å². The minimum Gasteiger partial charge on any atom is -0.475 e. The molecular formula is C12H16NO2. The van der Waals surface area contributed by atoms with Crippen molar-refractivity contribution in [3.63, 3.8) is 0 Å². The minimum absolute atomic E-state index is 0.102. The maximum Gasteiger partial charge on any atom is 0.149 e. The molecular weight excluding hydrogens is 190 g/mol. The Morgan fingerprint density at radius 2 is 2.27 bits per heavy atom. The van der Waals surface area contributed by atoms with Crippen LogP contribution in [-0.4, -0.2) is 37.4 Å². The lowest BCUT2D eigenvalue weighted by Gasteiger charge is -2.32. The van der Waals surface area contributed by atoms with Crippen molar-refractivity contribution in [1.29, 1.82) is 0 Å². The first-order chi connectivity index (χ1) is 7.36. The van der Waals surface area contributed by atoms with Gasteiger partial charge in [0.25, 0.3) is 0 Å². The van der Waals surface area contributed by atoms with Crippen LogP contribution in [-0.2, 0) is 4.74 Å². The van der Waals surface area contributed by atoms with E-state index >= 15 is 0 Å². The molecule has 0 saturated carbocycles. The van der Waals surface area contributed by atoms with E-state index in [0.29, 0.717) is 0 Å². The highest BCUT2D eigenvalue weighted by Gasteiger charge is 2.17. The van der Waals surface area contributed by atoms with Gasteiger partial charge in [-0.2, -0.15) is 0 Å². The molecule has 2 rings (SSSR count). The van der Waals surface area contributed by atoms with Gasteiger partial charge in [0.05, 0.1) is 13.2 Å². The van der Waals surface area contributed by atoms with E-state index < -0.39 is 0 Å². The van der Waals surface area contributed by atoms with E-state index in [2.05, 4.69) is 17.9 Å². The Labute approximate surface area is 90.6 Å². The molecule has 0 spiro atoms. The van der Waals surface area contributed by atoms with E-state index in [1.54, 1.807) is 0 Å². The number of rotatable bonds is 3. The fraction of sp³-hybridized carbons (Fsp3) is 0.500. The van der Waals surface area contributed by atoms with Crippen molar-refractivity contribution >= 4 is 0 Å². The maximum absolute atomic E-state index is 5.79. The van der Waals surface area contributed by atoms with Crippen LogP contribution in [0.3, 0.4) is 0 Å². The van der Waals surface area contributed by atoms with Gasteiger partial charge in [-0.3, -0.25) is 4.90 Å². The number of ether oxygens (including phenoxy) is 2. The second-order valence-corrected chi connectivity index (χ2v) is 3.60. The third-order valence-corrected chi connectivity index (χ3v) is 2.55. The van der Waals surface area contributed by atoms with E-state index in [4.69, 9.17) is 9.47 Å². The lowest BCUT2D eigenvalue weighted by atomic mass is 10.3. The van der Waals surface area contributed by atoms with Crippen LogP contribution in [0.2, 0.25) is 0 Å². The summed E-state index contributed by atoms with van der Waals surface area (Å²) >= 11 is 0. The lowest BCUT2D eigenvalue weighted by molar-refractivity contribution is -0.0373. The molecule has 0 amide bonds. The monoisotopic (exact) mass is 206 g/mol. The molecule has 1 atom stereocenters. The first-order valence-corrected chi connectivity index (χ1v) is 5.31. The zero-order chi connectivity index (χ0) is 10.5. The highest BCUT2D eigenvalue weighted by atomic mass is 16.5. The predicted molar refractivity (Wildman–Crippen MR) is 57.8 cm³/mol. The molecule has 3 heteroatoms. The van der Waals surface area contributed by atoms with E-state index in [1.807, 2.05) is 24.3 Å². The van der Waals surface area contributed by atoms with E-state index in [-0.39, 0.29) is 6.23 Å². The van der Waals surface area contributed by atoms with Gasteiger partial charge in [-0.15, -0.1) is 0 Å². The largest absolute Gasteiger partial charge is 0.475 e. The summed E-state index contributed by atoms with van der Waals surface area (Å²) in [7, 11) is 0. The maximum atomic E-state index is 5.79. The third kappa shape index (κ3) is 2.94. The molecule has 1 aliphatic heterocycles. The van der Waals surface area contributed by atoms with Gasteiger partial charge in [0.15, 0.2) is 0 Å². The second-order valence-electron chi connectivity index (χ2n) is 3.60. The van der Waals surface area contributed by atoms with Crippen molar-refractivity contribution in [1.82, 2.24) is 4.90 Å². The molecule has 0 aromatic heterocycles. The fourth-order valence-corrected chi connectivity index (χ4v) is 1.66. The van der Waals surface area contributed by atoms with Crippen molar-refractivity contribution in [3.05, 3.63) is 30.3 Å². The molecule has 1 aromatic rings. The highest BCUT2D eigenvalue weighted by molar-refractivity contribution is 5.20. The molecule has 15 heavy (non-hydrogen) atoms. The van der Waals surface area contributed by atoms with E-state index in [9.17, 15) is 0 Å². The summed E-state index contributed by atoms with van der Waals surface area (Å²) in [6, 6.07) is 10.6. The van der Waals surface area contributed by atoms with Gasteiger partial charge in [-0.25, -0.2) is 0 Å². The molecule has 0 aliphatic carbocycles. The van der Waals surface area contributed by atoms with Crippen LogP contribution in [0.1, 0.15) is 6.92 Å². The molecule has 0 N–H and O–H groups in total. The molecule has 81 valence electrons. The Balaban J connectivity index is 1.88. The summed E-state index contributed by atoms with van der Waals surface area (Å²) in [5.74, 6) is 0.872. The number of benzene rings is 1. The molecule has 1 aromatic carbocycles. The highest BCUT2D eigenvalue weighted by Crippen LogP contribution is 2.13. The Hall–Kier alpha value is -1.06. The van der Waals surface area contributed by atoms with Crippen molar-refractivity contribution in [3.8, 4) is 5.75 Å². The van der Waals surface area contributed by atoms with Crippen LogP contribution in [0.5, 0.6) is 5.75 Å². The molecule has 1 saturated heterocycles. The summed E-state index contributed by atoms with van der Waals surface area (Å²) in [5, 5.41) is 0. The third-order valence-electron chi connectivity index (χ3n) is 2.55. The first kappa shape index (κ1) is 10.5. The van der Waals surface area contributed by atoms with Crippen molar-refractivity contribution in [2.45, 2.75) is 13.2 Å². The molecule has 1 heterocycles. The summed E-state index contributed by atoms with van der Waals surface area (Å²) in [6.45, 7) is 5.55. The van der Waals surface area contributed by atoms with Crippen LogP contribution in [0.4, 0.5) is 0 Å². The van der Waals surface area contributed by atoms with Crippen LogP contribution >= 0.6 is 0 Å². The number of morpholine rings is 1. The molecule has 1 radical (unpaired) electrons. The Morgan fingerprint density at radius 1 is 1.47 bits per heavy atom. The first-order valence-electron chi connectivity index (χ1n) is 5.31. The normalized spacial score (nSPS) is 19.8. The average Bonchev–Trinajstić information content (AvgIpc) is 2.31. The quantitative estimate of drug-likeness (QED) is 0.749. The topological polar surface area (TPSA) is 21.7 Å². The predicted octanol–water partition coefficient (Wildman–Crippen LogP) is 1.54. The van der Waals surface area contributed by atoms with E-state index in [0.717, 1.165) is 32.1 Å². The molecule has 1 fully saturated rings. The van der Waals surface area contributed by atoms with Crippen LogP contribution in [0.25, 0.3) is 0 Å². The zero-order valence-corrected chi connectivity index (χ0v) is 8.98. The zero-order valence-electron chi connectivity index (χ0n) is 8.98. The van der Waals surface area contributed by atoms with Gasteiger partial charge in [0.1, 0.15) is 12.0 Å². The number of nitrogens with zero attached hydrogens (tertiary/aromatic N) is 1. The van der Waals surface area contributed by atoms with Gasteiger partial charge >= 0.3 is 0 Å². The van der Waals surface area contributed by atoms with Crippen molar-refractivity contribution in [2.24, 2.45) is 0 Å². The van der Waals surface area contributed by atoms with Gasteiger partial charge < -0.3 is 9.47 Å². The summed E-state index contributed by atoms with van der Waals surface area (Å²) in [4.78, 5) is 2.27.